The number of carbonyl (C=O) groups excluding carboxylic acids is 2. The summed E-state index contributed by atoms with van der Waals surface area (Å²) in [4.78, 5) is 24.6. The number of para-hydroxylation sites is 1. The van der Waals surface area contributed by atoms with Gasteiger partial charge in [0.1, 0.15) is 12.4 Å². The Morgan fingerprint density at radius 2 is 1.52 bits per heavy atom. The summed E-state index contributed by atoms with van der Waals surface area (Å²) in [5, 5.41) is 0. The van der Waals surface area contributed by atoms with E-state index in [-0.39, 0.29) is 5.91 Å². The molecule has 0 radical (unpaired) electrons. The number of carbonyl (C=O) groups is 2. The number of benzene rings is 3. The van der Waals surface area contributed by atoms with Crippen molar-refractivity contribution in [2.24, 2.45) is 0 Å². The van der Waals surface area contributed by atoms with Gasteiger partial charge in [-0.05, 0) is 36.8 Å². The van der Waals surface area contributed by atoms with Crippen molar-refractivity contribution in [3.8, 4) is 5.75 Å². The van der Waals surface area contributed by atoms with E-state index in [1.165, 1.54) is 0 Å². The number of nitrogens with one attached hydrogen (secondary N) is 2. The van der Waals surface area contributed by atoms with Crippen molar-refractivity contribution in [1.82, 2.24) is 10.9 Å². The summed E-state index contributed by atoms with van der Waals surface area (Å²) in [6, 6.07) is 23.7. The van der Waals surface area contributed by atoms with Gasteiger partial charge >= 0.3 is 0 Å². The number of hydrazine groups is 1. The van der Waals surface area contributed by atoms with E-state index < -0.39 is 5.91 Å². The van der Waals surface area contributed by atoms with Crippen LogP contribution in [0.15, 0.2) is 78.9 Å². The first-order valence-corrected chi connectivity index (χ1v) is 8.56. The second kappa shape index (κ2) is 8.67. The molecule has 5 nitrogen and oxygen atoms in total. The van der Waals surface area contributed by atoms with E-state index in [2.05, 4.69) is 10.9 Å². The van der Waals surface area contributed by atoms with Crippen LogP contribution in [0.1, 0.15) is 31.8 Å². The van der Waals surface area contributed by atoms with Gasteiger partial charge in [0.15, 0.2) is 0 Å². The second-order valence-corrected chi connectivity index (χ2v) is 6.05. The topological polar surface area (TPSA) is 67.4 Å². The maximum absolute atomic E-state index is 12.5. The van der Waals surface area contributed by atoms with E-state index in [9.17, 15) is 9.59 Å². The minimum absolute atomic E-state index is 0.345. The van der Waals surface area contributed by atoms with Gasteiger partial charge in [0.25, 0.3) is 11.8 Å². The molecule has 0 atom stereocenters. The molecule has 0 saturated heterocycles. The lowest BCUT2D eigenvalue weighted by Crippen LogP contribution is -2.41. The lowest BCUT2D eigenvalue weighted by Gasteiger charge is -2.12. The molecule has 5 heteroatoms. The van der Waals surface area contributed by atoms with Crippen LogP contribution >= 0.6 is 0 Å². The number of hydrogen-bond acceptors (Lipinski definition) is 3. The highest BCUT2D eigenvalue weighted by molar-refractivity contribution is 6.00. The highest BCUT2D eigenvalue weighted by Crippen LogP contribution is 2.19. The summed E-state index contributed by atoms with van der Waals surface area (Å²) >= 11 is 0. The van der Waals surface area contributed by atoms with Crippen LogP contribution in [0.5, 0.6) is 5.75 Å². The van der Waals surface area contributed by atoms with Crippen LogP contribution in [0.2, 0.25) is 0 Å². The molecule has 3 aromatic carbocycles. The fraction of sp³-hybridized carbons (Fsp3) is 0.0909. The number of amides is 2. The van der Waals surface area contributed by atoms with Gasteiger partial charge in [-0.1, -0.05) is 60.2 Å². The van der Waals surface area contributed by atoms with Gasteiger partial charge in [-0.2, -0.15) is 0 Å². The Hall–Kier alpha value is -3.60. The van der Waals surface area contributed by atoms with Gasteiger partial charge < -0.3 is 4.74 Å². The number of hydrogen-bond donors (Lipinski definition) is 2. The normalized spacial score (nSPS) is 10.1. The van der Waals surface area contributed by atoms with Crippen LogP contribution in [0.25, 0.3) is 0 Å². The quantitative estimate of drug-likeness (QED) is 0.683. The molecule has 0 heterocycles. The van der Waals surface area contributed by atoms with Gasteiger partial charge in [0, 0.05) is 5.56 Å². The molecule has 3 rings (SSSR count). The lowest BCUT2D eigenvalue weighted by atomic mass is 10.1. The van der Waals surface area contributed by atoms with Crippen molar-refractivity contribution in [3.05, 3.63) is 101 Å². The zero-order valence-electron chi connectivity index (χ0n) is 14.9. The molecule has 0 aliphatic heterocycles. The molecule has 0 saturated carbocycles. The molecule has 0 unspecified atom stereocenters. The summed E-state index contributed by atoms with van der Waals surface area (Å²) in [5.74, 6) is -0.377. The fourth-order valence-electron chi connectivity index (χ4n) is 2.55. The minimum atomic E-state index is -0.445. The van der Waals surface area contributed by atoms with Crippen LogP contribution in [-0.4, -0.2) is 11.8 Å². The molecule has 0 aromatic heterocycles. The summed E-state index contributed by atoms with van der Waals surface area (Å²) in [5.41, 5.74) is 7.66. The predicted octanol–water partition coefficient (Wildman–Crippen LogP) is 3.65. The largest absolute Gasteiger partial charge is 0.488 e. The molecule has 0 fully saturated rings. The zero-order chi connectivity index (χ0) is 19.1. The first kappa shape index (κ1) is 18.2. The number of ether oxygens (including phenoxy) is 1. The van der Waals surface area contributed by atoms with E-state index in [0.29, 0.717) is 23.5 Å². The van der Waals surface area contributed by atoms with Gasteiger partial charge in [-0.15, -0.1) is 0 Å². The standard InChI is InChI=1S/C22H20N2O3/c1-16-8-7-11-18(14-16)21(25)23-24-22(26)19-12-5-6-13-20(19)27-15-17-9-3-2-4-10-17/h2-14H,15H2,1H3,(H,23,25)(H,24,26). The SMILES string of the molecule is Cc1cccc(C(=O)NNC(=O)c2ccccc2OCc2ccccc2)c1. The smallest absolute Gasteiger partial charge is 0.273 e. The second-order valence-electron chi connectivity index (χ2n) is 6.05. The molecule has 27 heavy (non-hydrogen) atoms. The first-order chi connectivity index (χ1) is 13.1. The summed E-state index contributed by atoms with van der Waals surface area (Å²) < 4.78 is 5.78. The molecule has 0 aliphatic rings. The van der Waals surface area contributed by atoms with E-state index in [4.69, 9.17) is 4.74 Å². The molecule has 136 valence electrons. The van der Waals surface area contributed by atoms with Gasteiger partial charge in [-0.3, -0.25) is 20.4 Å². The van der Waals surface area contributed by atoms with Crippen molar-refractivity contribution in [2.75, 3.05) is 0 Å². The Morgan fingerprint density at radius 1 is 0.815 bits per heavy atom. The third-order valence-electron chi connectivity index (χ3n) is 3.94. The molecule has 0 aliphatic carbocycles. The number of aryl methyl sites for hydroxylation is 1. The Kier molecular flexibility index (Phi) is 5.84. The third-order valence-corrected chi connectivity index (χ3v) is 3.94. The van der Waals surface area contributed by atoms with Crippen molar-refractivity contribution < 1.29 is 14.3 Å². The molecule has 0 spiro atoms. The predicted molar refractivity (Wildman–Crippen MR) is 103 cm³/mol. The summed E-state index contributed by atoms with van der Waals surface area (Å²) in [6.45, 7) is 2.25. The van der Waals surface area contributed by atoms with E-state index in [0.717, 1.165) is 11.1 Å². The maximum atomic E-state index is 12.5. The van der Waals surface area contributed by atoms with Gasteiger partial charge in [-0.25, -0.2) is 0 Å². The third kappa shape index (κ3) is 4.95. The summed E-state index contributed by atoms with van der Waals surface area (Å²) in [6.07, 6.45) is 0. The molecular weight excluding hydrogens is 340 g/mol. The average Bonchev–Trinajstić information content (AvgIpc) is 2.71. The van der Waals surface area contributed by atoms with Crippen LogP contribution in [0, 0.1) is 6.92 Å². The van der Waals surface area contributed by atoms with Gasteiger partial charge in [0.05, 0.1) is 5.56 Å². The van der Waals surface area contributed by atoms with Crippen LogP contribution < -0.4 is 15.6 Å². The summed E-state index contributed by atoms with van der Waals surface area (Å²) in [7, 11) is 0. The van der Waals surface area contributed by atoms with Gasteiger partial charge in [0.2, 0.25) is 0 Å². The monoisotopic (exact) mass is 360 g/mol. The maximum Gasteiger partial charge on any atom is 0.273 e. The molecule has 3 aromatic rings. The van der Waals surface area contributed by atoms with Crippen LogP contribution in [-0.2, 0) is 6.61 Å². The molecule has 2 amide bonds. The van der Waals surface area contributed by atoms with Crippen LogP contribution in [0.3, 0.4) is 0 Å². The van der Waals surface area contributed by atoms with Crippen molar-refractivity contribution in [2.45, 2.75) is 13.5 Å². The molecule has 2 N–H and O–H groups in total. The van der Waals surface area contributed by atoms with Crippen molar-refractivity contribution in [1.29, 1.82) is 0 Å². The lowest BCUT2D eigenvalue weighted by molar-refractivity contribution is 0.0844. The average molecular weight is 360 g/mol. The Balaban J connectivity index is 1.63. The highest BCUT2D eigenvalue weighted by atomic mass is 16.5. The molecular formula is C22H20N2O3. The van der Waals surface area contributed by atoms with Crippen LogP contribution in [0.4, 0.5) is 0 Å². The minimum Gasteiger partial charge on any atom is -0.488 e. The zero-order valence-corrected chi connectivity index (χ0v) is 14.9. The van der Waals surface area contributed by atoms with E-state index in [1.54, 1.807) is 42.5 Å². The fourth-order valence-corrected chi connectivity index (χ4v) is 2.55. The van der Waals surface area contributed by atoms with E-state index in [1.807, 2.05) is 43.3 Å². The van der Waals surface area contributed by atoms with E-state index >= 15 is 0 Å². The highest BCUT2D eigenvalue weighted by Gasteiger charge is 2.14. The molecule has 0 bridgehead atoms. The first-order valence-electron chi connectivity index (χ1n) is 8.56. The Bertz CT molecular complexity index is 939. The number of rotatable bonds is 5. The van der Waals surface area contributed by atoms with Crippen molar-refractivity contribution >= 4 is 11.8 Å². The Morgan fingerprint density at radius 3 is 2.30 bits per heavy atom. The Labute approximate surface area is 158 Å². The van der Waals surface area contributed by atoms with Crippen molar-refractivity contribution in [3.63, 3.8) is 0 Å².